The van der Waals surface area contributed by atoms with Crippen molar-refractivity contribution in [2.24, 2.45) is 11.8 Å². The van der Waals surface area contributed by atoms with E-state index in [1.807, 2.05) is 6.07 Å². The molecule has 2 rings (SSSR count). The van der Waals surface area contributed by atoms with E-state index < -0.39 is 0 Å². The van der Waals surface area contributed by atoms with Gasteiger partial charge < -0.3 is 10.2 Å². The van der Waals surface area contributed by atoms with E-state index in [4.69, 9.17) is 16.6 Å². The van der Waals surface area contributed by atoms with Crippen LogP contribution in [0.5, 0.6) is 0 Å². The number of aromatic nitrogens is 1. The molecule has 2 heterocycles. The van der Waals surface area contributed by atoms with Gasteiger partial charge in [0.15, 0.2) is 0 Å². The molecule has 4 heteroatoms. The van der Waals surface area contributed by atoms with Crippen LogP contribution in [0.25, 0.3) is 0 Å². The van der Waals surface area contributed by atoms with Crippen LogP contribution in [0.3, 0.4) is 0 Å². The van der Waals surface area contributed by atoms with Crippen LogP contribution in [0, 0.1) is 11.8 Å². The standard InChI is InChI=1S/C17H28ClN3/c1-5-8-19-10-16-15(18)6-7-17(20-16)21-11-12(2)9-13(3)14(21)4/h6-7,12-14,19H,5,8-11H2,1-4H3. The highest BCUT2D eigenvalue weighted by atomic mass is 35.5. The zero-order valence-corrected chi connectivity index (χ0v) is 14.5. The second-order valence-electron chi connectivity index (χ2n) is 6.49. The summed E-state index contributed by atoms with van der Waals surface area (Å²) in [5, 5.41) is 4.14. The van der Waals surface area contributed by atoms with Crippen LogP contribution in [-0.2, 0) is 6.54 Å². The molecule has 0 saturated carbocycles. The van der Waals surface area contributed by atoms with E-state index in [1.54, 1.807) is 0 Å². The first kappa shape index (κ1) is 16.6. The fraction of sp³-hybridized carbons (Fsp3) is 0.706. The first-order chi connectivity index (χ1) is 10.0. The molecule has 1 aliphatic rings. The minimum Gasteiger partial charge on any atom is -0.353 e. The lowest BCUT2D eigenvalue weighted by Crippen LogP contribution is -2.46. The number of hydrogen-bond acceptors (Lipinski definition) is 3. The first-order valence-electron chi connectivity index (χ1n) is 8.15. The Balaban J connectivity index is 2.17. The first-order valence-corrected chi connectivity index (χ1v) is 8.53. The molecule has 0 aliphatic carbocycles. The third-order valence-electron chi connectivity index (χ3n) is 4.52. The van der Waals surface area contributed by atoms with Gasteiger partial charge in [-0.15, -0.1) is 0 Å². The van der Waals surface area contributed by atoms with E-state index in [0.29, 0.717) is 12.0 Å². The number of nitrogens with one attached hydrogen (secondary N) is 1. The summed E-state index contributed by atoms with van der Waals surface area (Å²) < 4.78 is 0. The number of anilines is 1. The van der Waals surface area contributed by atoms with E-state index in [-0.39, 0.29) is 0 Å². The van der Waals surface area contributed by atoms with Gasteiger partial charge in [0.2, 0.25) is 0 Å². The predicted molar refractivity (Wildman–Crippen MR) is 91.0 cm³/mol. The third-order valence-corrected chi connectivity index (χ3v) is 4.86. The Hall–Kier alpha value is -0.800. The number of pyridine rings is 1. The van der Waals surface area contributed by atoms with E-state index in [1.165, 1.54) is 6.42 Å². The predicted octanol–water partition coefficient (Wildman–Crippen LogP) is 4.11. The normalized spacial score (nSPS) is 26.1. The van der Waals surface area contributed by atoms with Crippen LogP contribution >= 0.6 is 11.6 Å². The summed E-state index contributed by atoms with van der Waals surface area (Å²) in [6.07, 6.45) is 2.42. The van der Waals surface area contributed by atoms with Crippen molar-refractivity contribution < 1.29 is 0 Å². The molecule has 3 nitrogen and oxygen atoms in total. The van der Waals surface area contributed by atoms with E-state index in [2.05, 4.69) is 44.0 Å². The number of halogens is 1. The molecule has 0 radical (unpaired) electrons. The smallest absolute Gasteiger partial charge is 0.129 e. The lowest BCUT2D eigenvalue weighted by molar-refractivity contribution is 0.295. The van der Waals surface area contributed by atoms with Crippen molar-refractivity contribution in [2.45, 2.75) is 53.1 Å². The van der Waals surface area contributed by atoms with Crippen LogP contribution in [0.15, 0.2) is 12.1 Å². The molecule has 1 saturated heterocycles. The molecule has 0 spiro atoms. The van der Waals surface area contributed by atoms with Gasteiger partial charge in [0, 0.05) is 19.1 Å². The zero-order chi connectivity index (χ0) is 15.4. The quantitative estimate of drug-likeness (QED) is 0.830. The van der Waals surface area contributed by atoms with Crippen LogP contribution in [-0.4, -0.2) is 24.1 Å². The summed E-state index contributed by atoms with van der Waals surface area (Å²) in [5.41, 5.74) is 0.959. The van der Waals surface area contributed by atoms with Gasteiger partial charge in [-0.25, -0.2) is 4.98 Å². The van der Waals surface area contributed by atoms with Crippen molar-refractivity contribution in [3.63, 3.8) is 0 Å². The van der Waals surface area contributed by atoms with Crippen molar-refractivity contribution in [3.8, 4) is 0 Å². The Morgan fingerprint density at radius 3 is 2.81 bits per heavy atom. The average Bonchev–Trinajstić information content (AvgIpc) is 2.45. The van der Waals surface area contributed by atoms with E-state index in [9.17, 15) is 0 Å². The SMILES string of the molecule is CCCNCc1nc(N2CC(C)CC(C)C2C)ccc1Cl. The van der Waals surface area contributed by atoms with Crippen molar-refractivity contribution in [1.29, 1.82) is 0 Å². The number of nitrogens with zero attached hydrogens (tertiary/aromatic N) is 2. The summed E-state index contributed by atoms with van der Waals surface area (Å²) in [7, 11) is 0. The summed E-state index contributed by atoms with van der Waals surface area (Å²) in [6, 6.07) is 4.59. The highest BCUT2D eigenvalue weighted by Crippen LogP contribution is 2.31. The molecular formula is C17H28ClN3. The minimum absolute atomic E-state index is 0.534. The van der Waals surface area contributed by atoms with Crippen molar-refractivity contribution >= 4 is 17.4 Å². The molecule has 1 aromatic rings. The molecular weight excluding hydrogens is 282 g/mol. The number of hydrogen-bond donors (Lipinski definition) is 1. The lowest BCUT2D eigenvalue weighted by atomic mass is 9.86. The van der Waals surface area contributed by atoms with Gasteiger partial charge in [-0.1, -0.05) is 32.4 Å². The van der Waals surface area contributed by atoms with Crippen LogP contribution in [0.1, 0.15) is 46.2 Å². The Morgan fingerprint density at radius 1 is 1.33 bits per heavy atom. The van der Waals surface area contributed by atoms with Gasteiger partial charge in [0.25, 0.3) is 0 Å². The molecule has 0 aromatic carbocycles. The molecule has 118 valence electrons. The highest BCUT2D eigenvalue weighted by molar-refractivity contribution is 6.31. The summed E-state index contributed by atoms with van der Waals surface area (Å²) >= 11 is 6.29. The van der Waals surface area contributed by atoms with E-state index >= 15 is 0 Å². The van der Waals surface area contributed by atoms with Crippen LogP contribution in [0.2, 0.25) is 5.02 Å². The second kappa shape index (κ2) is 7.46. The Bertz CT molecular complexity index is 463. The maximum Gasteiger partial charge on any atom is 0.129 e. The largest absolute Gasteiger partial charge is 0.353 e. The van der Waals surface area contributed by atoms with Crippen molar-refractivity contribution in [1.82, 2.24) is 10.3 Å². The third kappa shape index (κ3) is 4.10. The summed E-state index contributed by atoms with van der Waals surface area (Å²) in [5.74, 6) is 2.49. The topological polar surface area (TPSA) is 28.2 Å². The Labute approximate surface area is 134 Å². The molecule has 3 atom stereocenters. The molecule has 1 aromatic heterocycles. The average molecular weight is 310 g/mol. The number of rotatable bonds is 5. The minimum atomic E-state index is 0.534. The highest BCUT2D eigenvalue weighted by Gasteiger charge is 2.29. The molecule has 21 heavy (non-hydrogen) atoms. The van der Waals surface area contributed by atoms with Gasteiger partial charge in [-0.05, 0) is 50.3 Å². The van der Waals surface area contributed by atoms with Gasteiger partial charge in [0.1, 0.15) is 5.82 Å². The Morgan fingerprint density at radius 2 is 2.10 bits per heavy atom. The second-order valence-corrected chi connectivity index (χ2v) is 6.89. The van der Waals surface area contributed by atoms with Crippen LogP contribution < -0.4 is 10.2 Å². The molecule has 0 amide bonds. The lowest BCUT2D eigenvalue weighted by Gasteiger charge is -2.42. The van der Waals surface area contributed by atoms with Gasteiger partial charge in [0.05, 0.1) is 10.7 Å². The fourth-order valence-corrected chi connectivity index (χ4v) is 3.33. The molecule has 0 bridgehead atoms. The van der Waals surface area contributed by atoms with Crippen molar-refractivity contribution in [3.05, 3.63) is 22.8 Å². The molecule has 1 N–H and O–H groups in total. The monoisotopic (exact) mass is 309 g/mol. The molecule has 1 aliphatic heterocycles. The van der Waals surface area contributed by atoms with Gasteiger partial charge in [-0.2, -0.15) is 0 Å². The van der Waals surface area contributed by atoms with Crippen molar-refractivity contribution in [2.75, 3.05) is 18.0 Å². The van der Waals surface area contributed by atoms with Gasteiger partial charge in [-0.3, -0.25) is 0 Å². The van der Waals surface area contributed by atoms with Gasteiger partial charge >= 0.3 is 0 Å². The fourth-order valence-electron chi connectivity index (χ4n) is 3.16. The maximum absolute atomic E-state index is 6.29. The Kier molecular flexibility index (Phi) is 5.88. The number of piperidine rings is 1. The van der Waals surface area contributed by atoms with Crippen LogP contribution in [0.4, 0.5) is 5.82 Å². The molecule has 3 unspecified atom stereocenters. The molecule has 1 fully saturated rings. The summed E-state index contributed by atoms with van der Waals surface area (Å²) in [4.78, 5) is 7.26. The summed E-state index contributed by atoms with van der Waals surface area (Å²) in [6.45, 7) is 12.0. The maximum atomic E-state index is 6.29. The zero-order valence-electron chi connectivity index (χ0n) is 13.7. The van der Waals surface area contributed by atoms with E-state index in [0.717, 1.165) is 48.5 Å².